The Morgan fingerprint density at radius 2 is 2.36 bits per heavy atom. The van der Waals surface area contributed by atoms with Crippen LogP contribution in [0.3, 0.4) is 0 Å². The first-order valence-electron chi connectivity index (χ1n) is 4.66. The van der Waals surface area contributed by atoms with E-state index >= 15 is 0 Å². The molecule has 1 aliphatic rings. The van der Waals surface area contributed by atoms with Gasteiger partial charge in [0.25, 0.3) is 0 Å². The van der Waals surface area contributed by atoms with E-state index < -0.39 is 11.6 Å². The lowest BCUT2D eigenvalue weighted by molar-refractivity contribution is -0.161. The largest absolute Gasteiger partial charge is 0.479 e. The first kappa shape index (κ1) is 9.27. The molecule has 4 nitrogen and oxygen atoms in total. The zero-order chi connectivity index (χ0) is 10.3. The molecule has 0 amide bonds. The number of fused-ring (bicyclic) bond motifs is 1. The van der Waals surface area contributed by atoms with Gasteiger partial charge >= 0.3 is 5.97 Å². The third-order valence-electron chi connectivity index (χ3n) is 2.95. The Kier molecular flexibility index (Phi) is 1.89. The van der Waals surface area contributed by atoms with Crippen LogP contribution in [0.1, 0.15) is 24.1 Å². The van der Waals surface area contributed by atoms with Gasteiger partial charge in [-0.3, -0.25) is 0 Å². The number of aryl methyl sites for hydroxylation is 1. The van der Waals surface area contributed by atoms with E-state index in [2.05, 4.69) is 0 Å². The van der Waals surface area contributed by atoms with Crippen molar-refractivity contribution in [3.05, 3.63) is 23.5 Å². The number of nitrogens with zero attached hydrogens (tertiary/aromatic N) is 1. The van der Waals surface area contributed by atoms with E-state index in [0.717, 1.165) is 12.1 Å². The second-order valence-corrected chi connectivity index (χ2v) is 3.81. The van der Waals surface area contributed by atoms with Crippen molar-refractivity contribution in [2.24, 2.45) is 7.05 Å². The van der Waals surface area contributed by atoms with Gasteiger partial charge in [-0.25, -0.2) is 4.79 Å². The van der Waals surface area contributed by atoms with Crippen LogP contribution >= 0.6 is 0 Å². The van der Waals surface area contributed by atoms with Gasteiger partial charge in [-0.1, -0.05) is 0 Å². The van der Waals surface area contributed by atoms with E-state index in [0.29, 0.717) is 18.4 Å². The van der Waals surface area contributed by atoms with Crippen molar-refractivity contribution in [1.29, 1.82) is 0 Å². The van der Waals surface area contributed by atoms with Crippen LogP contribution in [-0.2, 0) is 23.9 Å². The summed E-state index contributed by atoms with van der Waals surface area (Å²) in [6.45, 7) is 0. The normalized spacial score (nSPS) is 25.9. The van der Waals surface area contributed by atoms with Crippen LogP contribution < -0.4 is 0 Å². The Balaban J connectivity index is 2.56. The van der Waals surface area contributed by atoms with Gasteiger partial charge in [0.15, 0.2) is 5.60 Å². The van der Waals surface area contributed by atoms with Gasteiger partial charge in [-0.2, -0.15) is 0 Å². The first-order chi connectivity index (χ1) is 6.55. The average molecular weight is 195 g/mol. The SMILES string of the molecule is Cn1ccc2c1CCCC2(O)C(=O)O. The number of carboxylic acid groups (broad SMARTS) is 1. The molecule has 0 radical (unpaired) electrons. The minimum Gasteiger partial charge on any atom is -0.479 e. The van der Waals surface area contributed by atoms with Gasteiger partial charge in [0.05, 0.1) is 0 Å². The maximum Gasteiger partial charge on any atom is 0.340 e. The van der Waals surface area contributed by atoms with E-state index in [1.165, 1.54) is 0 Å². The maximum absolute atomic E-state index is 11.0. The molecule has 0 bridgehead atoms. The molecule has 0 saturated heterocycles. The molecule has 1 aliphatic carbocycles. The lowest BCUT2D eigenvalue weighted by Gasteiger charge is -2.28. The van der Waals surface area contributed by atoms with Gasteiger partial charge in [0, 0.05) is 24.5 Å². The molecule has 2 rings (SSSR count). The third kappa shape index (κ3) is 1.07. The molecule has 14 heavy (non-hydrogen) atoms. The Labute approximate surface area is 81.8 Å². The van der Waals surface area contributed by atoms with Crippen molar-refractivity contribution in [2.45, 2.75) is 24.9 Å². The molecule has 76 valence electrons. The van der Waals surface area contributed by atoms with Crippen LogP contribution in [-0.4, -0.2) is 20.7 Å². The van der Waals surface area contributed by atoms with Crippen molar-refractivity contribution in [2.75, 3.05) is 0 Å². The molecular formula is C10H13NO3. The highest BCUT2D eigenvalue weighted by molar-refractivity contribution is 5.80. The number of carbonyl (C=O) groups is 1. The minimum atomic E-state index is -1.67. The number of aliphatic hydroxyl groups is 1. The van der Waals surface area contributed by atoms with E-state index in [1.54, 1.807) is 12.3 Å². The lowest BCUT2D eigenvalue weighted by Crippen LogP contribution is -2.38. The van der Waals surface area contributed by atoms with E-state index in [-0.39, 0.29) is 0 Å². The maximum atomic E-state index is 11.0. The van der Waals surface area contributed by atoms with Gasteiger partial charge in [-0.05, 0) is 25.3 Å². The van der Waals surface area contributed by atoms with Crippen molar-refractivity contribution in [1.82, 2.24) is 4.57 Å². The summed E-state index contributed by atoms with van der Waals surface area (Å²) in [4.78, 5) is 11.0. The molecule has 2 N–H and O–H groups in total. The van der Waals surface area contributed by atoms with E-state index in [1.807, 2.05) is 11.6 Å². The van der Waals surface area contributed by atoms with Crippen LogP contribution in [0.5, 0.6) is 0 Å². The van der Waals surface area contributed by atoms with Crippen LogP contribution in [0.15, 0.2) is 12.3 Å². The zero-order valence-corrected chi connectivity index (χ0v) is 8.03. The summed E-state index contributed by atoms with van der Waals surface area (Å²) in [5, 5.41) is 19.0. The highest BCUT2D eigenvalue weighted by atomic mass is 16.4. The average Bonchev–Trinajstić information content (AvgIpc) is 2.50. The Morgan fingerprint density at radius 1 is 1.64 bits per heavy atom. The number of carboxylic acids is 1. The molecule has 1 aromatic heterocycles. The van der Waals surface area contributed by atoms with Crippen molar-refractivity contribution < 1.29 is 15.0 Å². The topological polar surface area (TPSA) is 62.5 Å². The Morgan fingerprint density at radius 3 is 3.00 bits per heavy atom. The number of hydrogen-bond acceptors (Lipinski definition) is 2. The number of aromatic nitrogens is 1. The molecule has 4 heteroatoms. The molecule has 1 aromatic rings. The number of rotatable bonds is 1. The zero-order valence-electron chi connectivity index (χ0n) is 8.03. The standard InChI is InChI=1S/C10H13NO3/c1-11-6-4-7-8(11)3-2-5-10(7,14)9(12)13/h4,6,14H,2-3,5H2,1H3,(H,12,13). The fourth-order valence-corrected chi connectivity index (χ4v) is 2.12. The smallest absolute Gasteiger partial charge is 0.340 e. The highest BCUT2D eigenvalue weighted by Gasteiger charge is 2.42. The predicted octanol–water partition coefficient (Wildman–Crippen LogP) is 0.634. The third-order valence-corrected chi connectivity index (χ3v) is 2.95. The van der Waals surface area contributed by atoms with E-state index in [9.17, 15) is 9.90 Å². The van der Waals surface area contributed by atoms with Gasteiger partial charge < -0.3 is 14.8 Å². The molecule has 0 aliphatic heterocycles. The summed E-state index contributed by atoms with van der Waals surface area (Å²) in [6, 6.07) is 1.70. The monoisotopic (exact) mass is 195 g/mol. The van der Waals surface area contributed by atoms with Gasteiger partial charge in [-0.15, -0.1) is 0 Å². The Hall–Kier alpha value is -1.29. The predicted molar refractivity (Wildman–Crippen MR) is 49.9 cm³/mol. The molecule has 0 spiro atoms. The minimum absolute atomic E-state index is 0.305. The van der Waals surface area contributed by atoms with Crippen LogP contribution in [0.25, 0.3) is 0 Å². The van der Waals surface area contributed by atoms with Gasteiger partial charge in [0.2, 0.25) is 0 Å². The van der Waals surface area contributed by atoms with E-state index in [4.69, 9.17) is 5.11 Å². The van der Waals surface area contributed by atoms with Crippen molar-refractivity contribution in [3.63, 3.8) is 0 Å². The summed E-state index contributed by atoms with van der Waals surface area (Å²) < 4.78 is 1.88. The quantitative estimate of drug-likeness (QED) is 0.691. The van der Waals surface area contributed by atoms with Crippen molar-refractivity contribution in [3.8, 4) is 0 Å². The summed E-state index contributed by atoms with van der Waals surface area (Å²) in [7, 11) is 1.87. The molecule has 0 saturated carbocycles. The summed E-state index contributed by atoms with van der Waals surface area (Å²) in [6.07, 6.45) is 3.66. The second kappa shape index (κ2) is 2.85. The molecular weight excluding hydrogens is 182 g/mol. The molecule has 1 atom stereocenters. The molecule has 0 aromatic carbocycles. The van der Waals surface area contributed by atoms with Crippen LogP contribution in [0, 0.1) is 0 Å². The molecule has 1 heterocycles. The van der Waals surface area contributed by atoms with Gasteiger partial charge in [0.1, 0.15) is 0 Å². The van der Waals surface area contributed by atoms with Crippen molar-refractivity contribution >= 4 is 5.97 Å². The number of aliphatic carboxylic acids is 1. The van der Waals surface area contributed by atoms with Crippen LogP contribution in [0.4, 0.5) is 0 Å². The number of hydrogen-bond donors (Lipinski definition) is 2. The lowest BCUT2D eigenvalue weighted by atomic mass is 9.83. The fraction of sp³-hybridized carbons (Fsp3) is 0.500. The summed E-state index contributed by atoms with van der Waals surface area (Å²) in [5.74, 6) is -1.15. The second-order valence-electron chi connectivity index (χ2n) is 3.81. The molecule has 1 unspecified atom stereocenters. The van der Waals surface area contributed by atoms with Crippen LogP contribution in [0.2, 0.25) is 0 Å². The summed E-state index contributed by atoms with van der Waals surface area (Å²) in [5.41, 5.74) is -0.186. The Bertz CT molecular complexity index is 383. The summed E-state index contributed by atoms with van der Waals surface area (Å²) >= 11 is 0. The molecule has 0 fully saturated rings. The first-order valence-corrected chi connectivity index (χ1v) is 4.66. The fourth-order valence-electron chi connectivity index (χ4n) is 2.12. The highest BCUT2D eigenvalue weighted by Crippen LogP contribution is 2.35.